The van der Waals surface area contributed by atoms with E-state index in [1.807, 2.05) is 50.2 Å². The molecule has 32 heavy (non-hydrogen) atoms. The number of halogens is 1. The lowest BCUT2D eigenvalue weighted by atomic mass is 9.84. The lowest BCUT2D eigenvalue weighted by molar-refractivity contribution is -0.123. The monoisotopic (exact) mass is 480 g/mol. The van der Waals surface area contributed by atoms with Crippen molar-refractivity contribution in [2.45, 2.75) is 38.3 Å². The van der Waals surface area contributed by atoms with Crippen molar-refractivity contribution in [3.05, 3.63) is 70.7 Å². The zero-order valence-corrected chi connectivity index (χ0v) is 20.0. The summed E-state index contributed by atoms with van der Waals surface area (Å²) in [5.74, 6) is -0.734. The minimum Gasteiger partial charge on any atom is -0.445 e. The van der Waals surface area contributed by atoms with E-state index in [0.29, 0.717) is 5.02 Å². The standard InChI is InChI=1S/C23H29ClN2O5S/c1-23(2,18-10-7-11-19(24)14-18)16-25-21(27)20(12-13-32(3,29)30)26-22(28)31-15-17-8-5-4-6-9-17/h4-11,14,20H,12-13,15-16H2,1-3H3,(H,25,27)(H,26,28). The van der Waals surface area contributed by atoms with Gasteiger partial charge in [0.25, 0.3) is 0 Å². The van der Waals surface area contributed by atoms with Gasteiger partial charge in [-0.1, -0.05) is 67.9 Å². The summed E-state index contributed by atoms with van der Waals surface area (Å²) in [5, 5.41) is 5.89. The smallest absolute Gasteiger partial charge is 0.408 e. The van der Waals surface area contributed by atoms with Gasteiger partial charge in [-0.15, -0.1) is 0 Å². The van der Waals surface area contributed by atoms with Gasteiger partial charge in [0, 0.05) is 23.2 Å². The third-order valence-corrected chi connectivity index (χ3v) is 6.12. The molecule has 0 aromatic heterocycles. The number of carbonyl (C=O) groups excluding carboxylic acids is 2. The average molecular weight is 481 g/mol. The number of amides is 2. The Labute approximate surface area is 194 Å². The largest absolute Gasteiger partial charge is 0.445 e. The van der Waals surface area contributed by atoms with Crippen LogP contribution in [0.1, 0.15) is 31.4 Å². The summed E-state index contributed by atoms with van der Waals surface area (Å²) in [6.45, 7) is 4.20. The first-order chi connectivity index (χ1) is 15.0. The second kappa shape index (κ2) is 11.3. The highest BCUT2D eigenvalue weighted by Crippen LogP contribution is 2.24. The molecular formula is C23H29ClN2O5S. The third kappa shape index (κ3) is 8.88. The molecule has 0 fully saturated rings. The second-order valence-corrected chi connectivity index (χ2v) is 11.0. The van der Waals surface area contributed by atoms with Crippen molar-refractivity contribution in [3.63, 3.8) is 0 Å². The molecule has 9 heteroatoms. The molecule has 1 atom stereocenters. The molecule has 2 aromatic carbocycles. The van der Waals surface area contributed by atoms with Crippen LogP contribution < -0.4 is 10.6 Å². The molecule has 0 aliphatic carbocycles. The maximum atomic E-state index is 12.8. The van der Waals surface area contributed by atoms with Gasteiger partial charge in [0.15, 0.2) is 0 Å². The van der Waals surface area contributed by atoms with Gasteiger partial charge in [0.1, 0.15) is 22.5 Å². The molecule has 0 heterocycles. The van der Waals surface area contributed by atoms with Crippen molar-refractivity contribution >= 4 is 33.4 Å². The van der Waals surface area contributed by atoms with E-state index in [9.17, 15) is 18.0 Å². The number of hydrogen-bond donors (Lipinski definition) is 2. The molecule has 0 radical (unpaired) electrons. The number of carbonyl (C=O) groups is 2. The Balaban J connectivity index is 2.00. The van der Waals surface area contributed by atoms with Gasteiger partial charge in [0.2, 0.25) is 5.91 Å². The SMILES string of the molecule is CC(C)(CNC(=O)C(CCS(C)(=O)=O)NC(=O)OCc1ccccc1)c1cccc(Cl)c1. The first-order valence-electron chi connectivity index (χ1n) is 10.1. The molecule has 7 nitrogen and oxygen atoms in total. The molecule has 1 unspecified atom stereocenters. The van der Waals surface area contributed by atoms with Crippen molar-refractivity contribution in [3.8, 4) is 0 Å². The molecule has 0 bridgehead atoms. The first-order valence-corrected chi connectivity index (χ1v) is 12.6. The lowest BCUT2D eigenvalue weighted by Gasteiger charge is -2.27. The molecule has 0 saturated carbocycles. The Kier molecular flexibility index (Phi) is 9.09. The quantitative estimate of drug-likeness (QED) is 0.542. The topological polar surface area (TPSA) is 102 Å². The summed E-state index contributed by atoms with van der Waals surface area (Å²) in [4.78, 5) is 25.1. The minimum absolute atomic E-state index is 0.0366. The number of rotatable bonds is 10. The van der Waals surface area contributed by atoms with Gasteiger partial charge >= 0.3 is 6.09 Å². The number of benzene rings is 2. The van der Waals surface area contributed by atoms with Crippen LogP contribution in [0.4, 0.5) is 4.79 Å². The predicted octanol–water partition coefficient (Wildman–Crippen LogP) is 3.46. The van der Waals surface area contributed by atoms with E-state index < -0.39 is 33.3 Å². The van der Waals surface area contributed by atoms with Crippen molar-refractivity contribution < 1.29 is 22.7 Å². The molecular weight excluding hydrogens is 452 g/mol. The van der Waals surface area contributed by atoms with Gasteiger partial charge in [-0.3, -0.25) is 4.79 Å². The van der Waals surface area contributed by atoms with Crippen LogP contribution in [0.25, 0.3) is 0 Å². The van der Waals surface area contributed by atoms with E-state index in [4.69, 9.17) is 16.3 Å². The first kappa shape index (κ1) is 25.7. The molecule has 0 aliphatic rings. The molecule has 2 N–H and O–H groups in total. The van der Waals surface area contributed by atoms with E-state index in [1.165, 1.54) is 0 Å². The molecule has 2 aromatic rings. The van der Waals surface area contributed by atoms with Crippen molar-refractivity contribution in [1.82, 2.24) is 10.6 Å². The zero-order chi connectivity index (χ0) is 23.8. The maximum Gasteiger partial charge on any atom is 0.408 e. The van der Waals surface area contributed by atoms with Crippen LogP contribution in [-0.2, 0) is 31.4 Å². The number of alkyl carbamates (subject to hydrolysis) is 1. The van der Waals surface area contributed by atoms with Gasteiger partial charge in [-0.05, 0) is 29.7 Å². The summed E-state index contributed by atoms with van der Waals surface area (Å²) in [6, 6.07) is 15.4. The average Bonchev–Trinajstić information content (AvgIpc) is 2.73. The summed E-state index contributed by atoms with van der Waals surface area (Å²) < 4.78 is 28.4. The highest BCUT2D eigenvalue weighted by atomic mass is 35.5. The van der Waals surface area contributed by atoms with E-state index in [1.54, 1.807) is 18.2 Å². The molecule has 0 spiro atoms. The van der Waals surface area contributed by atoms with Crippen molar-refractivity contribution in [2.24, 2.45) is 0 Å². The summed E-state index contributed by atoms with van der Waals surface area (Å²) in [6.07, 6.45) is 0.220. The Morgan fingerprint density at radius 2 is 1.78 bits per heavy atom. The highest BCUT2D eigenvalue weighted by molar-refractivity contribution is 7.90. The number of hydrogen-bond acceptors (Lipinski definition) is 5. The minimum atomic E-state index is -3.32. The van der Waals surface area contributed by atoms with Gasteiger partial charge < -0.3 is 15.4 Å². The number of ether oxygens (including phenoxy) is 1. The summed E-state index contributed by atoms with van der Waals surface area (Å²) in [5.41, 5.74) is 1.30. The maximum absolute atomic E-state index is 12.8. The van der Waals surface area contributed by atoms with E-state index in [-0.39, 0.29) is 25.3 Å². The number of sulfone groups is 1. The van der Waals surface area contributed by atoms with Gasteiger partial charge in [-0.2, -0.15) is 0 Å². The van der Waals surface area contributed by atoms with Crippen LogP contribution in [0.15, 0.2) is 54.6 Å². The summed E-state index contributed by atoms with van der Waals surface area (Å²) in [7, 11) is -3.32. The van der Waals surface area contributed by atoms with Gasteiger partial charge in [0.05, 0.1) is 5.75 Å². The Bertz CT molecular complexity index is 1030. The third-order valence-electron chi connectivity index (χ3n) is 4.91. The molecule has 0 aliphatic heterocycles. The molecule has 2 rings (SSSR count). The van der Waals surface area contributed by atoms with Crippen LogP contribution in [-0.4, -0.2) is 45.0 Å². The lowest BCUT2D eigenvalue weighted by Crippen LogP contribution is -2.50. The highest BCUT2D eigenvalue weighted by Gasteiger charge is 2.27. The van der Waals surface area contributed by atoms with Gasteiger partial charge in [-0.25, -0.2) is 13.2 Å². The van der Waals surface area contributed by atoms with Crippen LogP contribution in [0, 0.1) is 0 Å². The fourth-order valence-corrected chi connectivity index (χ4v) is 3.80. The van der Waals surface area contributed by atoms with E-state index >= 15 is 0 Å². The zero-order valence-electron chi connectivity index (χ0n) is 18.4. The fourth-order valence-electron chi connectivity index (χ4n) is 2.95. The van der Waals surface area contributed by atoms with Crippen LogP contribution in [0.2, 0.25) is 5.02 Å². The summed E-state index contributed by atoms with van der Waals surface area (Å²) >= 11 is 6.07. The Hall–Kier alpha value is -2.58. The predicted molar refractivity (Wildman–Crippen MR) is 125 cm³/mol. The Morgan fingerprint density at radius 1 is 1.09 bits per heavy atom. The fraction of sp³-hybridized carbons (Fsp3) is 0.391. The number of nitrogens with one attached hydrogen (secondary N) is 2. The molecule has 174 valence electrons. The molecule has 2 amide bonds. The van der Waals surface area contributed by atoms with Crippen LogP contribution >= 0.6 is 11.6 Å². The normalized spacial score (nSPS) is 12.6. The van der Waals surface area contributed by atoms with Crippen LogP contribution in [0.3, 0.4) is 0 Å². The van der Waals surface area contributed by atoms with E-state index in [2.05, 4.69) is 10.6 Å². The Morgan fingerprint density at radius 3 is 2.41 bits per heavy atom. The van der Waals surface area contributed by atoms with E-state index in [0.717, 1.165) is 17.4 Å². The van der Waals surface area contributed by atoms with Crippen LogP contribution in [0.5, 0.6) is 0 Å². The van der Waals surface area contributed by atoms with Crippen molar-refractivity contribution in [1.29, 1.82) is 0 Å². The molecule has 0 saturated heterocycles. The second-order valence-electron chi connectivity index (χ2n) is 8.29. The van der Waals surface area contributed by atoms with Crippen molar-refractivity contribution in [2.75, 3.05) is 18.6 Å².